The normalized spacial score (nSPS) is 11.0. The minimum Gasteiger partial charge on any atom is -0.494 e. The number of nitrogens with zero attached hydrogens (tertiary/aromatic N) is 1. The molecule has 1 aromatic heterocycles. The van der Waals surface area contributed by atoms with E-state index in [0.717, 1.165) is 38.7 Å². The van der Waals surface area contributed by atoms with Gasteiger partial charge >= 0.3 is 6.09 Å². The van der Waals surface area contributed by atoms with Crippen molar-refractivity contribution in [1.29, 1.82) is 0 Å². The molecule has 1 heterocycles. The first-order valence-corrected chi connectivity index (χ1v) is 9.09. The van der Waals surface area contributed by atoms with Crippen LogP contribution in [0.5, 0.6) is 5.75 Å². The summed E-state index contributed by atoms with van der Waals surface area (Å²) in [6.07, 6.45) is -0.406. The predicted molar refractivity (Wildman–Crippen MR) is 108 cm³/mol. The SMILES string of the molecule is Cc1ccc2nc(-c3ccc4cc(OCCCNC(=O)O)ccc4c3)oc2c1. The first-order valence-electron chi connectivity index (χ1n) is 9.09. The van der Waals surface area contributed by atoms with E-state index in [1.807, 2.05) is 61.5 Å². The number of hydrogen-bond acceptors (Lipinski definition) is 4. The maximum Gasteiger partial charge on any atom is 0.404 e. The second kappa shape index (κ2) is 7.60. The number of aromatic nitrogens is 1. The molecule has 4 rings (SSSR count). The van der Waals surface area contributed by atoms with Crippen LogP contribution >= 0.6 is 0 Å². The Kier molecular flexibility index (Phi) is 4.85. The maximum atomic E-state index is 10.4. The van der Waals surface area contributed by atoms with Crippen LogP contribution in [0, 0.1) is 6.92 Å². The summed E-state index contributed by atoms with van der Waals surface area (Å²) in [5.74, 6) is 1.36. The van der Waals surface area contributed by atoms with Gasteiger partial charge in [-0.2, -0.15) is 0 Å². The minimum atomic E-state index is -1.02. The topological polar surface area (TPSA) is 84.6 Å². The van der Waals surface area contributed by atoms with E-state index in [9.17, 15) is 4.79 Å². The van der Waals surface area contributed by atoms with Gasteiger partial charge in [-0.05, 0) is 66.1 Å². The summed E-state index contributed by atoms with van der Waals surface area (Å²) >= 11 is 0. The van der Waals surface area contributed by atoms with Gasteiger partial charge in [0.25, 0.3) is 0 Å². The highest BCUT2D eigenvalue weighted by Gasteiger charge is 2.09. The van der Waals surface area contributed by atoms with Crippen molar-refractivity contribution in [3.05, 3.63) is 60.2 Å². The number of aryl methyl sites for hydroxylation is 1. The van der Waals surface area contributed by atoms with E-state index in [1.165, 1.54) is 0 Å². The largest absolute Gasteiger partial charge is 0.494 e. The number of benzene rings is 3. The number of rotatable bonds is 6. The van der Waals surface area contributed by atoms with E-state index >= 15 is 0 Å². The highest BCUT2D eigenvalue weighted by molar-refractivity contribution is 5.88. The number of nitrogens with one attached hydrogen (secondary N) is 1. The van der Waals surface area contributed by atoms with Crippen molar-refractivity contribution in [1.82, 2.24) is 10.3 Å². The Morgan fingerprint density at radius 2 is 1.93 bits per heavy atom. The van der Waals surface area contributed by atoms with Gasteiger partial charge in [0.05, 0.1) is 6.61 Å². The van der Waals surface area contributed by atoms with Crippen LogP contribution in [-0.4, -0.2) is 29.3 Å². The molecule has 0 bridgehead atoms. The Morgan fingerprint density at radius 1 is 1.11 bits per heavy atom. The number of carboxylic acid groups (broad SMARTS) is 1. The molecule has 0 aliphatic rings. The van der Waals surface area contributed by atoms with Gasteiger partial charge in [0.1, 0.15) is 11.3 Å². The molecule has 6 heteroatoms. The molecule has 0 saturated carbocycles. The van der Waals surface area contributed by atoms with Crippen molar-refractivity contribution in [2.24, 2.45) is 0 Å². The lowest BCUT2D eigenvalue weighted by molar-refractivity contribution is 0.193. The summed E-state index contributed by atoms with van der Waals surface area (Å²) in [5, 5.41) is 13.0. The van der Waals surface area contributed by atoms with Gasteiger partial charge in [0.2, 0.25) is 5.89 Å². The van der Waals surface area contributed by atoms with E-state index in [1.54, 1.807) is 0 Å². The van der Waals surface area contributed by atoms with E-state index in [0.29, 0.717) is 25.5 Å². The fourth-order valence-electron chi connectivity index (χ4n) is 3.06. The van der Waals surface area contributed by atoms with Gasteiger partial charge in [-0.3, -0.25) is 0 Å². The van der Waals surface area contributed by atoms with E-state index < -0.39 is 6.09 Å². The highest BCUT2D eigenvalue weighted by Crippen LogP contribution is 2.29. The van der Waals surface area contributed by atoms with Crippen molar-refractivity contribution >= 4 is 28.0 Å². The first kappa shape index (κ1) is 17.9. The molecular weight excluding hydrogens is 356 g/mol. The fourth-order valence-corrected chi connectivity index (χ4v) is 3.06. The highest BCUT2D eigenvalue weighted by atomic mass is 16.5. The fraction of sp³-hybridized carbons (Fsp3) is 0.182. The zero-order valence-electron chi connectivity index (χ0n) is 15.4. The zero-order chi connectivity index (χ0) is 19.5. The van der Waals surface area contributed by atoms with Crippen molar-refractivity contribution in [3.63, 3.8) is 0 Å². The summed E-state index contributed by atoms with van der Waals surface area (Å²) in [5.41, 5.74) is 3.70. The molecule has 0 radical (unpaired) electrons. The van der Waals surface area contributed by atoms with E-state index in [-0.39, 0.29) is 0 Å². The molecule has 0 spiro atoms. The minimum absolute atomic E-state index is 0.371. The van der Waals surface area contributed by atoms with Crippen LogP contribution in [0.1, 0.15) is 12.0 Å². The number of ether oxygens (including phenoxy) is 1. The molecule has 1 amide bonds. The van der Waals surface area contributed by atoms with Gasteiger partial charge in [0, 0.05) is 12.1 Å². The molecule has 0 fully saturated rings. The average Bonchev–Trinajstić information content (AvgIpc) is 3.10. The molecule has 3 aromatic carbocycles. The van der Waals surface area contributed by atoms with Gasteiger partial charge in [-0.15, -0.1) is 0 Å². The Morgan fingerprint density at radius 3 is 2.79 bits per heavy atom. The molecule has 142 valence electrons. The second-order valence-corrected chi connectivity index (χ2v) is 6.65. The molecule has 4 aromatic rings. The standard InChI is InChI=1S/C22H20N2O4/c1-14-3-8-19-20(11-14)28-21(24-19)17-5-4-16-13-18(7-6-15(16)12-17)27-10-2-9-23-22(25)26/h3-8,11-13,23H,2,9-10H2,1H3,(H,25,26). The maximum absolute atomic E-state index is 10.4. The lowest BCUT2D eigenvalue weighted by Gasteiger charge is -2.08. The van der Waals surface area contributed by atoms with E-state index in [4.69, 9.17) is 14.3 Å². The third-order valence-corrected chi connectivity index (χ3v) is 4.47. The van der Waals surface area contributed by atoms with Crippen molar-refractivity contribution in [2.45, 2.75) is 13.3 Å². The van der Waals surface area contributed by atoms with E-state index in [2.05, 4.69) is 10.3 Å². The zero-order valence-corrected chi connectivity index (χ0v) is 15.4. The number of hydrogen-bond donors (Lipinski definition) is 2. The summed E-state index contributed by atoms with van der Waals surface area (Å²) in [7, 11) is 0. The third-order valence-electron chi connectivity index (χ3n) is 4.47. The van der Waals surface area contributed by atoms with Crippen LogP contribution in [-0.2, 0) is 0 Å². The predicted octanol–water partition coefficient (Wildman–Crippen LogP) is 4.99. The smallest absolute Gasteiger partial charge is 0.404 e. The number of fused-ring (bicyclic) bond motifs is 2. The number of carbonyl (C=O) groups is 1. The molecule has 28 heavy (non-hydrogen) atoms. The number of oxazole rings is 1. The third kappa shape index (κ3) is 3.91. The summed E-state index contributed by atoms with van der Waals surface area (Å²) in [6.45, 7) is 2.85. The molecular formula is C22H20N2O4. The van der Waals surface area contributed by atoms with Crippen molar-refractivity contribution in [3.8, 4) is 17.2 Å². The van der Waals surface area contributed by atoms with Crippen molar-refractivity contribution in [2.75, 3.05) is 13.2 Å². The number of amides is 1. The monoisotopic (exact) mass is 376 g/mol. The van der Waals surface area contributed by atoms with Crippen LogP contribution in [0.3, 0.4) is 0 Å². The van der Waals surface area contributed by atoms with Crippen molar-refractivity contribution < 1.29 is 19.1 Å². The van der Waals surface area contributed by atoms with Gasteiger partial charge < -0.3 is 19.6 Å². The lowest BCUT2D eigenvalue weighted by Crippen LogP contribution is -2.23. The molecule has 0 atom stereocenters. The summed E-state index contributed by atoms with van der Waals surface area (Å²) in [4.78, 5) is 15.0. The Balaban J connectivity index is 1.50. The summed E-state index contributed by atoms with van der Waals surface area (Å²) in [6, 6.07) is 17.9. The molecule has 0 aliphatic heterocycles. The Bertz CT molecular complexity index is 1150. The second-order valence-electron chi connectivity index (χ2n) is 6.65. The van der Waals surface area contributed by atoms with Gasteiger partial charge in [0.15, 0.2) is 5.58 Å². The summed E-state index contributed by atoms with van der Waals surface area (Å²) < 4.78 is 11.6. The van der Waals surface area contributed by atoms with Crippen LogP contribution in [0.2, 0.25) is 0 Å². The van der Waals surface area contributed by atoms with Gasteiger partial charge in [-0.25, -0.2) is 9.78 Å². The van der Waals surface area contributed by atoms with Crippen LogP contribution in [0.25, 0.3) is 33.3 Å². The molecule has 2 N–H and O–H groups in total. The average molecular weight is 376 g/mol. The lowest BCUT2D eigenvalue weighted by atomic mass is 10.1. The quantitative estimate of drug-likeness (QED) is 0.463. The van der Waals surface area contributed by atoms with Gasteiger partial charge in [-0.1, -0.05) is 18.2 Å². The molecule has 0 aliphatic carbocycles. The van der Waals surface area contributed by atoms with Crippen LogP contribution in [0.4, 0.5) is 4.79 Å². The molecule has 6 nitrogen and oxygen atoms in total. The first-order chi connectivity index (χ1) is 13.6. The van der Waals surface area contributed by atoms with Crippen LogP contribution in [0.15, 0.2) is 59.0 Å². The van der Waals surface area contributed by atoms with Crippen LogP contribution < -0.4 is 10.1 Å². The molecule has 0 saturated heterocycles. The Hall–Kier alpha value is -3.54. The Labute approximate surface area is 161 Å². The molecule has 0 unspecified atom stereocenters.